The average molecular weight is 455 g/mol. The van der Waals surface area contributed by atoms with E-state index < -0.39 is 5.54 Å². The number of carbonyl (C=O) groups is 1. The second-order valence-corrected chi connectivity index (χ2v) is 12.1. The minimum atomic E-state index is -0.399. The Hall–Kier alpha value is -1.75. The van der Waals surface area contributed by atoms with Gasteiger partial charge in [0.15, 0.2) is 5.78 Å². The monoisotopic (exact) mass is 454 g/mol. The third-order valence-corrected chi connectivity index (χ3v) is 9.70. The summed E-state index contributed by atoms with van der Waals surface area (Å²) in [6.45, 7) is 7.00. The Balaban J connectivity index is 1.60. The van der Waals surface area contributed by atoms with Gasteiger partial charge in [0.1, 0.15) is 6.07 Å². The molecule has 1 aromatic rings. The molecule has 6 N–H and O–H groups in total. The van der Waals surface area contributed by atoms with E-state index in [1.165, 1.54) is 6.20 Å². The van der Waals surface area contributed by atoms with Crippen LogP contribution >= 0.6 is 0 Å². The zero-order valence-electron chi connectivity index (χ0n) is 20.6. The summed E-state index contributed by atoms with van der Waals surface area (Å²) in [4.78, 5) is 13.4. The van der Waals surface area contributed by atoms with E-state index in [0.717, 1.165) is 57.8 Å². The molecule has 4 rings (SSSR count). The molecule has 0 aliphatic heterocycles. The number of rotatable bonds is 3. The highest BCUT2D eigenvalue weighted by Gasteiger charge is 2.62. The van der Waals surface area contributed by atoms with E-state index in [0.29, 0.717) is 11.5 Å². The summed E-state index contributed by atoms with van der Waals surface area (Å²) in [5, 5.41) is 13.3. The maximum Gasteiger partial charge on any atom is 0.157 e. The number of nitriles is 1. The van der Waals surface area contributed by atoms with E-state index in [-0.39, 0.29) is 47.1 Å². The molecule has 0 radical (unpaired) electrons. The van der Waals surface area contributed by atoms with Crippen LogP contribution in [-0.4, -0.2) is 32.7 Å². The predicted octanol–water partition coefficient (Wildman–Crippen LogP) is 3.11. The largest absolute Gasteiger partial charge is 0.328 e. The molecule has 33 heavy (non-hydrogen) atoms. The van der Waals surface area contributed by atoms with Crippen molar-refractivity contribution in [1.82, 2.24) is 9.78 Å². The van der Waals surface area contributed by atoms with Gasteiger partial charge >= 0.3 is 0 Å². The van der Waals surface area contributed by atoms with Gasteiger partial charge in [0, 0.05) is 29.2 Å². The lowest BCUT2D eigenvalue weighted by Gasteiger charge is -2.59. The smallest absolute Gasteiger partial charge is 0.157 e. The number of ketones is 1. The van der Waals surface area contributed by atoms with Crippen LogP contribution in [0.15, 0.2) is 12.4 Å². The second kappa shape index (κ2) is 8.79. The Bertz CT molecular complexity index is 918. The Morgan fingerprint density at radius 3 is 2.61 bits per heavy atom. The summed E-state index contributed by atoms with van der Waals surface area (Å²) in [5.74, 6) is 1.25. The van der Waals surface area contributed by atoms with Gasteiger partial charge in [-0.25, -0.2) is 0 Å². The molecule has 0 aromatic carbocycles. The lowest BCUT2D eigenvalue weighted by molar-refractivity contribution is -0.130. The molecule has 0 saturated heterocycles. The first kappa shape index (κ1) is 24.4. The van der Waals surface area contributed by atoms with Gasteiger partial charge < -0.3 is 17.2 Å². The highest BCUT2D eigenvalue weighted by atomic mass is 16.1. The highest BCUT2D eigenvalue weighted by Crippen LogP contribution is 2.62. The molecule has 8 unspecified atom stereocenters. The fourth-order valence-corrected chi connectivity index (χ4v) is 7.95. The van der Waals surface area contributed by atoms with Crippen molar-refractivity contribution in [3.8, 4) is 6.07 Å². The number of Topliss-reactive ketones (excluding diaryl/α,β-unsaturated/α-hetero) is 1. The molecule has 0 spiro atoms. The van der Waals surface area contributed by atoms with E-state index in [9.17, 15) is 4.79 Å². The fraction of sp³-hybridized carbons (Fsp3) is 0.808. The third kappa shape index (κ3) is 4.38. The molecule has 1 heterocycles. The zero-order valence-corrected chi connectivity index (χ0v) is 20.6. The van der Waals surface area contributed by atoms with E-state index in [2.05, 4.69) is 31.9 Å². The number of nitrogens with zero attached hydrogens (tertiary/aromatic N) is 3. The topological polar surface area (TPSA) is 137 Å². The van der Waals surface area contributed by atoms with Gasteiger partial charge in [-0.1, -0.05) is 13.8 Å². The van der Waals surface area contributed by atoms with Gasteiger partial charge in [-0.3, -0.25) is 9.48 Å². The van der Waals surface area contributed by atoms with Crippen LogP contribution in [0.5, 0.6) is 0 Å². The van der Waals surface area contributed by atoms with Crippen LogP contribution in [0.3, 0.4) is 0 Å². The Morgan fingerprint density at radius 1 is 1.15 bits per heavy atom. The molecule has 3 saturated carbocycles. The van der Waals surface area contributed by atoms with Crippen molar-refractivity contribution in [2.45, 2.75) is 102 Å². The van der Waals surface area contributed by atoms with E-state index in [4.69, 9.17) is 22.5 Å². The van der Waals surface area contributed by atoms with Crippen LogP contribution in [0.4, 0.5) is 0 Å². The van der Waals surface area contributed by atoms with Crippen LogP contribution in [0, 0.1) is 40.4 Å². The van der Waals surface area contributed by atoms with E-state index in [1.54, 1.807) is 10.9 Å². The Morgan fingerprint density at radius 2 is 1.91 bits per heavy atom. The predicted molar refractivity (Wildman–Crippen MR) is 129 cm³/mol. The first-order chi connectivity index (χ1) is 15.5. The number of aromatic nitrogens is 2. The first-order valence-corrected chi connectivity index (χ1v) is 12.8. The normalized spacial score (nSPS) is 43.8. The van der Waals surface area contributed by atoms with Crippen molar-refractivity contribution >= 4 is 5.78 Å². The van der Waals surface area contributed by atoms with Gasteiger partial charge in [-0.2, -0.15) is 10.4 Å². The number of carbonyl (C=O) groups excluding carboxylic acids is 1. The molecular formula is C26H42N6O. The third-order valence-electron chi connectivity index (χ3n) is 9.70. The summed E-state index contributed by atoms with van der Waals surface area (Å²) >= 11 is 0. The molecule has 7 heteroatoms. The molecule has 3 aliphatic carbocycles. The SMILES string of the molecule is CC1CCC(C)(N)C2CCC3(C)C(C(=O)Cn4cc(C#N)cn4)CCC3C2(N)CCC(N)C1. The summed E-state index contributed by atoms with van der Waals surface area (Å²) in [7, 11) is 0. The summed E-state index contributed by atoms with van der Waals surface area (Å²) in [6, 6.07) is 2.25. The quantitative estimate of drug-likeness (QED) is 0.642. The molecule has 182 valence electrons. The average Bonchev–Trinajstić information content (AvgIpc) is 3.34. The van der Waals surface area contributed by atoms with Crippen LogP contribution in [0.25, 0.3) is 0 Å². The number of fused-ring (bicyclic) bond motifs is 3. The molecule has 0 amide bonds. The Kier molecular flexibility index (Phi) is 6.50. The fourth-order valence-electron chi connectivity index (χ4n) is 7.95. The van der Waals surface area contributed by atoms with E-state index in [1.807, 2.05) is 0 Å². The maximum absolute atomic E-state index is 13.4. The van der Waals surface area contributed by atoms with Gasteiger partial charge in [0.25, 0.3) is 0 Å². The maximum atomic E-state index is 13.4. The van der Waals surface area contributed by atoms with Gasteiger partial charge in [-0.05, 0) is 87.9 Å². The van der Waals surface area contributed by atoms with Crippen molar-refractivity contribution in [2.24, 2.45) is 46.3 Å². The van der Waals surface area contributed by atoms with Gasteiger partial charge in [-0.15, -0.1) is 0 Å². The van der Waals surface area contributed by atoms with E-state index >= 15 is 0 Å². The lowest BCUT2D eigenvalue weighted by atomic mass is 9.49. The van der Waals surface area contributed by atoms with Crippen molar-refractivity contribution in [1.29, 1.82) is 5.26 Å². The molecular weight excluding hydrogens is 412 g/mol. The summed E-state index contributed by atoms with van der Waals surface area (Å²) in [5.41, 5.74) is 20.6. The van der Waals surface area contributed by atoms with Crippen molar-refractivity contribution < 1.29 is 4.79 Å². The standard InChI is InChI=1S/C26H42N6O/c1-17-6-10-25(3,29)23-8-9-24(2)20(21(33)16-32-15-18(13-27)14-31-32)4-5-22(24)26(23,30)11-7-19(28)12-17/h14-15,17,19-20,22-23H,4-12,16,28-30H2,1-3H3. The van der Waals surface area contributed by atoms with Gasteiger partial charge in [0.2, 0.25) is 0 Å². The molecule has 0 bridgehead atoms. The Labute approximate surface area is 198 Å². The molecule has 3 aliphatic rings. The molecule has 8 atom stereocenters. The van der Waals surface area contributed by atoms with Crippen molar-refractivity contribution in [3.05, 3.63) is 18.0 Å². The van der Waals surface area contributed by atoms with Crippen LogP contribution in [-0.2, 0) is 11.3 Å². The number of nitrogens with two attached hydrogens (primary N) is 3. The number of hydrogen-bond acceptors (Lipinski definition) is 6. The summed E-state index contributed by atoms with van der Waals surface area (Å²) in [6.07, 6.45) is 11.8. The van der Waals surface area contributed by atoms with Gasteiger partial charge in [0.05, 0.1) is 18.3 Å². The molecule has 1 aromatic heterocycles. The summed E-state index contributed by atoms with van der Waals surface area (Å²) < 4.78 is 1.60. The minimum absolute atomic E-state index is 0.0354. The highest BCUT2D eigenvalue weighted by molar-refractivity contribution is 5.82. The molecule has 7 nitrogen and oxygen atoms in total. The lowest BCUT2D eigenvalue weighted by Crippen LogP contribution is -2.68. The first-order valence-electron chi connectivity index (χ1n) is 12.8. The minimum Gasteiger partial charge on any atom is -0.328 e. The number of hydrogen-bond donors (Lipinski definition) is 3. The molecule has 3 fully saturated rings. The second-order valence-electron chi connectivity index (χ2n) is 12.1. The van der Waals surface area contributed by atoms with Crippen molar-refractivity contribution in [3.63, 3.8) is 0 Å². The van der Waals surface area contributed by atoms with Crippen LogP contribution in [0.1, 0.15) is 84.1 Å². The van der Waals surface area contributed by atoms with Crippen LogP contribution in [0.2, 0.25) is 0 Å². The van der Waals surface area contributed by atoms with Crippen LogP contribution < -0.4 is 17.2 Å². The van der Waals surface area contributed by atoms with Crippen molar-refractivity contribution in [2.75, 3.05) is 0 Å². The zero-order chi connectivity index (χ0) is 24.0.